The fourth-order valence-electron chi connectivity index (χ4n) is 1.05. The van der Waals surface area contributed by atoms with Crippen molar-refractivity contribution in [3.63, 3.8) is 0 Å². The van der Waals surface area contributed by atoms with Crippen LogP contribution in [0.1, 0.15) is 34.6 Å². The highest BCUT2D eigenvalue weighted by molar-refractivity contribution is 5.87. The molecule has 0 unspecified atom stereocenters. The molecular formula is C11H23N3O2. The Kier molecular flexibility index (Phi) is 5.44. The van der Waals surface area contributed by atoms with E-state index in [0.717, 1.165) is 0 Å². The average molecular weight is 229 g/mol. The molecule has 5 nitrogen and oxygen atoms in total. The molecule has 0 aromatic rings. The number of rotatable bonds is 4. The molecule has 4 N–H and O–H groups in total. The molecule has 16 heavy (non-hydrogen) atoms. The highest BCUT2D eigenvalue weighted by atomic mass is 16.2. The minimum Gasteiger partial charge on any atom is -0.350 e. The van der Waals surface area contributed by atoms with Crippen molar-refractivity contribution in [1.82, 2.24) is 10.6 Å². The molecule has 0 radical (unpaired) electrons. The van der Waals surface area contributed by atoms with Gasteiger partial charge < -0.3 is 16.4 Å². The standard InChI is InChI=1S/C11H23N3O2/c1-7(2)9(12)10(16)13-6-8(15)14-11(3,4)5/h7,9H,6,12H2,1-5H3,(H,13,16)(H,14,15)/t9-/m0/s1. The molecule has 0 fully saturated rings. The number of carbonyl (C=O) groups is 2. The lowest BCUT2D eigenvalue weighted by Gasteiger charge is -2.21. The quantitative estimate of drug-likeness (QED) is 0.634. The first-order valence-electron chi connectivity index (χ1n) is 5.48. The van der Waals surface area contributed by atoms with E-state index in [1.165, 1.54) is 0 Å². The average Bonchev–Trinajstić information content (AvgIpc) is 2.09. The van der Waals surface area contributed by atoms with Gasteiger partial charge in [0.05, 0.1) is 12.6 Å². The second-order valence-corrected chi connectivity index (χ2v) is 5.29. The van der Waals surface area contributed by atoms with Gasteiger partial charge in [0.1, 0.15) is 0 Å². The van der Waals surface area contributed by atoms with Crippen LogP contribution in [0.4, 0.5) is 0 Å². The summed E-state index contributed by atoms with van der Waals surface area (Å²) >= 11 is 0. The van der Waals surface area contributed by atoms with Crippen LogP contribution in [0.5, 0.6) is 0 Å². The van der Waals surface area contributed by atoms with Crippen molar-refractivity contribution in [3.8, 4) is 0 Å². The van der Waals surface area contributed by atoms with Crippen molar-refractivity contribution in [1.29, 1.82) is 0 Å². The second-order valence-electron chi connectivity index (χ2n) is 5.29. The van der Waals surface area contributed by atoms with Crippen molar-refractivity contribution < 1.29 is 9.59 Å². The Bertz CT molecular complexity index is 256. The van der Waals surface area contributed by atoms with E-state index in [1.807, 2.05) is 34.6 Å². The van der Waals surface area contributed by atoms with Gasteiger partial charge in [0, 0.05) is 5.54 Å². The number of hydrogen-bond donors (Lipinski definition) is 3. The van der Waals surface area contributed by atoms with Crippen LogP contribution in [0, 0.1) is 5.92 Å². The molecule has 1 atom stereocenters. The predicted molar refractivity (Wildman–Crippen MR) is 63.7 cm³/mol. The first-order valence-corrected chi connectivity index (χ1v) is 5.48. The largest absolute Gasteiger partial charge is 0.350 e. The molecule has 0 aromatic carbocycles. The lowest BCUT2D eigenvalue weighted by atomic mass is 10.1. The molecule has 0 rings (SSSR count). The van der Waals surface area contributed by atoms with Gasteiger partial charge in [-0.2, -0.15) is 0 Å². The maximum atomic E-state index is 11.4. The molecule has 5 heteroatoms. The summed E-state index contributed by atoms with van der Waals surface area (Å²) < 4.78 is 0. The summed E-state index contributed by atoms with van der Waals surface area (Å²) in [7, 11) is 0. The van der Waals surface area contributed by atoms with Crippen molar-refractivity contribution in [3.05, 3.63) is 0 Å². The molecular weight excluding hydrogens is 206 g/mol. The van der Waals surface area contributed by atoms with E-state index in [1.54, 1.807) is 0 Å². The molecule has 0 aliphatic rings. The lowest BCUT2D eigenvalue weighted by Crippen LogP contribution is -2.50. The zero-order valence-corrected chi connectivity index (χ0v) is 10.8. The van der Waals surface area contributed by atoms with Crippen LogP contribution < -0.4 is 16.4 Å². The highest BCUT2D eigenvalue weighted by Crippen LogP contribution is 1.98. The van der Waals surface area contributed by atoms with Crippen molar-refractivity contribution >= 4 is 11.8 Å². The summed E-state index contributed by atoms with van der Waals surface area (Å²) in [4.78, 5) is 22.8. The molecule has 0 aliphatic heterocycles. The first-order chi connectivity index (χ1) is 7.13. The fraction of sp³-hybridized carbons (Fsp3) is 0.818. The Morgan fingerprint density at radius 1 is 1.25 bits per heavy atom. The summed E-state index contributed by atoms with van der Waals surface area (Å²) in [5, 5.41) is 5.26. The van der Waals surface area contributed by atoms with E-state index >= 15 is 0 Å². The van der Waals surface area contributed by atoms with Crippen LogP contribution >= 0.6 is 0 Å². The summed E-state index contributed by atoms with van der Waals surface area (Å²) in [6, 6.07) is -0.567. The van der Waals surface area contributed by atoms with Crippen LogP contribution in [-0.4, -0.2) is 29.9 Å². The molecule has 0 saturated heterocycles. The van der Waals surface area contributed by atoms with E-state index in [-0.39, 0.29) is 29.8 Å². The molecule has 0 saturated carbocycles. The number of nitrogens with two attached hydrogens (primary N) is 1. The summed E-state index contributed by atoms with van der Waals surface area (Å²) in [5.74, 6) is -0.443. The van der Waals surface area contributed by atoms with Gasteiger partial charge in [-0.05, 0) is 26.7 Å². The van der Waals surface area contributed by atoms with Gasteiger partial charge in [-0.1, -0.05) is 13.8 Å². The van der Waals surface area contributed by atoms with Crippen LogP contribution in [0.3, 0.4) is 0 Å². The van der Waals surface area contributed by atoms with E-state index in [2.05, 4.69) is 10.6 Å². The zero-order valence-electron chi connectivity index (χ0n) is 10.8. The van der Waals surface area contributed by atoms with Crippen molar-refractivity contribution in [2.24, 2.45) is 11.7 Å². The Balaban J connectivity index is 3.98. The van der Waals surface area contributed by atoms with E-state index in [4.69, 9.17) is 5.73 Å². The van der Waals surface area contributed by atoms with Crippen LogP contribution in [0.25, 0.3) is 0 Å². The van der Waals surface area contributed by atoms with Crippen LogP contribution in [-0.2, 0) is 9.59 Å². The number of carbonyl (C=O) groups excluding carboxylic acids is 2. The van der Waals surface area contributed by atoms with Gasteiger partial charge in [0.25, 0.3) is 0 Å². The number of amides is 2. The van der Waals surface area contributed by atoms with Gasteiger partial charge in [0.15, 0.2) is 0 Å². The summed E-state index contributed by atoms with van der Waals surface area (Å²) in [5.41, 5.74) is 5.34. The minimum absolute atomic E-state index is 0.0312. The Labute approximate surface area is 97.2 Å². The topological polar surface area (TPSA) is 84.2 Å². The molecule has 0 spiro atoms. The van der Waals surface area contributed by atoms with Crippen LogP contribution in [0.2, 0.25) is 0 Å². The zero-order chi connectivity index (χ0) is 12.9. The van der Waals surface area contributed by atoms with Gasteiger partial charge in [-0.15, -0.1) is 0 Å². The molecule has 0 aliphatic carbocycles. The third kappa shape index (κ3) is 6.40. The van der Waals surface area contributed by atoms with Gasteiger partial charge in [0.2, 0.25) is 11.8 Å². The molecule has 0 bridgehead atoms. The smallest absolute Gasteiger partial charge is 0.239 e. The van der Waals surface area contributed by atoms with E-state index in [0.29, 0.717) is 0 Å². The normalized spacial score (nSPS) is 13.4. The van der Waals surface area contributed by atoms with Gasteiger partial charge in [-0.25, -0.2) is 0 Å². The summed E-state index contributed by atoms with van der Waals surface area (Å²) in [6.45, 7) is 9.33. The Morgan fingerprint density at radius 3 is 2.12 bits per heavy atom. The highest BCUT2D eigenvalue weighted by Gasteiger charge is 2.19. The minimum atomic E-state index is -0.567. The van der Waals surface area contributed by atoms with Gasteiger partial charge >= 0.3 is 0 Å². The number of nitrogens with one attached hydrogen (secondary N) is 2. The monoisotopic (exact) mass is 229 g/mol. The maximum Gasteiger partial charge on any atom is 0.239 e. The first kappa shape index (κ1) is 14.9. The molecule has 0 heterocycles. The second kappa shape index (κ2) is 5.84. The SMILES string of the molecule is CC(C)[C@H](N)C(=O)NCC(=O)NC(C)(C)C. The third-order valence-corrected chi connectivity index (χ3v) is 1.96. The maximum absolute atomic E-state index is 11.4. The Hall–Kier alpha value is -1.10. The van der Waals surface area contributed by atoms with Crippen LogP contribution in [0.15, 0.2) is 0 Å². The molecule has 2 amide bonds. The summed E-state index contributed by atoms with van der Waals surface area (Å²) in [6.07, 6.45) is 0. The van der Waals surface area contributed by atoms with E-state index in [9.17, 15) is 9.59 Å². The van der Waals surface area contributed by atoms with Crippen molar-refractivity contribution in [2.75, 3.05) is 6.54 Å². The fourth-order valence-corrected chi connectivity index (χ4v) is 1.05. The molecule has 0 aromatic heterocycles. The lowest BCUT2D eigenvalue weighted by molar-refractivity contribution is -0.128. The van der Waals surface area contributed by atoms with Gasteiger partial charge in [-0.3, -0.25) is 9.59 Å². The van der Waals surface area contributed by atoms with Crippen molar-refractivity contribution in [2.45, 2.75) is 46.2 Å². The predicted octanol–water partition coefficient (Wildman–Crippen LogP) is 0.000600. The molecule has 94 valence electrons. The Morgan fingerprint density at radius 2 is 1.75 bits per heavy atom. The van der Waals surface area contributed by atoms with E-state index < -0.39 is 6.04 Å². The number of hydrogen-bond acceptors (Lipinski definition) is 3. The third-order valence-electron chi connectivity index (χ3n) is 1.96.